The number of hydrogen-bond acceptors (Lipinski definition) is 3. The van der Waals surface area contributed by atoms with Gasteiger partial charge >= 0.3 is 60.5 Å². The fourth-order valence-corrected chi connectivity index (χ4v) is 2.17. The summed E-state index contributed by atoms with van der Waals surface area (Å²) in [4.78, 5) is 0.509. The molecule has 1 rings (SSSR count). The van der Waals surface area contributed by atoms with Crippen molar-refractivity contribution in [2.45, 2.75) is 4.90 Å². The zero-order valence-corrected chi connectivity index (χ0v) is 11.2. The van der Waals surface area contributed by atoms with Gasteiger partial charge in [0.2, 0.25) is 0 Å². The Morgan fingerprint density at radius 2 is 1.75 bits per heavy atom. The molecule has 3 nitrogen and oxygen atoms in total. The Hall–Kier alpha value is 1.12. The van der Waals surface area contributed by atoms with E-state index in [0.29, 0.717) is 15.7 Å². The van der Waals surface area contributed by atoms with Gasteiger partial charge in [0.15, 0.2) is 0 Å². The molecule has 0 spiro atoms. The molecule has 12 heavy (non-hydrogen) atoms. The second kappa shape index (κ2) is 5.76. The predicted octanol–water partition coefficient (Wildman–Crippen LogP) is -1.30. The standard InChI is InChI=1S/C6H6O3S2.K.H/c7-11(8,9)10-6-4-2-1-3-5-6;;/h1-5H,(H,7,8,9);;/q;+1;-1. The van der Waals surface area contributed by atoms with E-state index >= 15 is 0 Å². The first-order valence-electron chi connectivity index (χ1n) is 2.80. The van der Waals surface area contributed by atoms with Crippen LogP contribution in [0, 0.1) is 0 Å². The van der Waals surface area contributed by atoms with Crippen LogP contribution in [-0.4, -0.2) is 13.0 Å². The molecule has 1 N–H and O–H groups in total. The van der Waals surface area contributed by atoms with E-state index in [-0.39, 0.29) is 52.8 Å². The van der Waals surface area contributed by atoms with Gasteiger partial charge in [-0.05, 0) is 12.1 Å². The van der Waals surface area contributed by atoms with Gasteiger partial charge in [0.1, 0.15) is 0 Å². The molecule has 0 unspecified atom stereocenters. The molecule has 6 heteroatoms. The molecule has 0 fully saturated rings. The number of benzene rings is 1. The molecule has 0 saturated carbocycles. The summed E-state index contributed by atoms with van der Waals surface area (Å²) in [7, 11) is -3.53. The Morgan fingerprint density at radius 1 is 1.25 bits per heavy atom. The molecule has 0 aliphatic rings. The molecule has 1 aromatic carbocycles. The van der Waals surface area contributed by atoms with Gasteiger partial charge in [-0.1, -0.05) is 18.2 Å². The monoisotopic (exact) mass is 230 g/mol. The van der Waals surface area contributed by atoms with Gasteiger partial charge in [0.05, 0.1) is 0 Å². The van der Waals surface area contributed by atoms with E-state index in [1.165, 1.54) is 0 Å². The van der Waals surface area contributed by atoms with Crippen LogP contribution in [0.3, 0.4) is 0 Å². The third-order valence-corrected chi connectivity index (χ3v) is 2.83. The second-order valence-electron chi connectivity index (χ2n) is 1.82. The summed E-state index contributed by atoms with van der Waals surface area (Å²) in [5, 5.41) is 0. The third kappa shape index (κ3) is 5.71. The van der Waals surface area contributed by atoms with Crippen LogP contribution in [0.25, 0.3) is 0 Å². The maximum atomic E-state index is 10.3. The summed E-state index contributed by atoms with van der Waals surface area (Å²) in [6, 6.07) is 8.39. The summed E-state index contributed by atoms with van der Waals surface area (Å²) >= 11 is 0. The molecule has 0 aliphatic carbocycles. The third-order valence-electron chi connectivity index (χ3n) is 0.945. The molecule has 0 bridgehead atoms. The quantitative estimate of drug-likeness (QED) is 0.390. The molecule has 0 radical (unpaired) electrons. The van der Waals surface area contributed by atoms with Gasteiger partial charge < -0.3 is 1.43 Å². The number of hydrogen-bond donors (Lipinski definition) is 1. The van der Waals surface area contributed by atoms with Crippen molar-refractivity contribution >= 4 is 19.9 Å². The number of rotatable bonds is 2. The summed E-state index contributed by atoms with van der Waals surface area (Å²) in [5.41, 5.74) is 0. The maximum Gasteiger partial charge on any atom is 1.00 e. The molecular formula is C6H7KO3S2. The van der Waals surface area contributed by atoms with Crippen LogP contribution in [0.4, 0.5) is 0 Å². The molecule has 0 atom stereocenters. The van der Waals surface area contributed by atoms with E-state index in [2.05, 4.69) is 0 Å². The van der Waals surface area contributed by atoms with E-state index in [1.807, 2.05) is 0 Å². The summed E-state index contributed by atoms with van der Waals surface area (Å²) in [6.07, 6.45) is 0. The van der Waals surface area contributed by atoms with Crippen molar-refractivity contribution in [2.24, 2.45) is 0 Å². The van der Waals surface area contributed by atoms with E-state index in [0.717, 1.165) is 0 Å². The van der Waals surface area contributed by atoms with Gasteiger partial charge in [-0.2, -0.15) is 8.42 Å². The van der Waals surface area contributed by atoms with Crippen LogP contribution in [0.5, 0.6) is 0 Å². The molecular weight excluding hydrogens is 223 g/mol. The van der Waals surface area contributed by atoms with E-state index in [4.69, 9.17) is 4.55 Å². The first-order chi connectivity index (χ1) is 5.08. The first-order valence-corrected chi connectivity index (χ1v) is 5.57. The summed E-state index contributed by atoms with van der Waals surface area (Å²) in [5.74, 6) is 0. The zero-order valence-electron chi connectivity index (χ0n) is 7.47. The normalized spacial score (nSPS) is 10.4. The zero-order chi connectivity index (χ0) is 8.32. The minimum atomic E-state index is -3.96. The van der Waals surface area contributed by atoms with E-state index in [1.54, 1.807) is 30.3 Å². The Morgan fingerprint density at radius 3 is 2.17 bits per heavy atom. The van der Waals surface area contributed by atoms with Crippen LogP contribution in [0.2, 0.25) is 0 Å². The molecule has 0 amide bonds. The fraction of sp³-hybridized carbons (Fsp3) is 0. The van der Waals surface area contributed by atoms with Gasteiger partial charge in [0.25, 0.3) is 0 Å². The van der Waals surface area contributed by atoms with Crippen molar-refractivity contribution < 1.29 is 65.8 Å². The topological polar surface area (TPSA) is 54.4 Å². The second-order valence-corrected chi connectivity index (χ2v) is 5.08. The van der Waals surface area contributed by atoms with Crippen LogP contribution in [-0.2, 0) is 9.15 Å². The fourth-order valence-electron chi connectivity index (χ4n) is 0.598. The minimum Gasteiger partial charge on any atom is -1.00 e. The van der Waals surface area contributed by atoms with Crippen molar-refractivity contribution in [1.82, 2.24) is 0 Å². The molecule has 0 heterocycles. The van der Waals surface area contributed by atoms with Crippen molar-refractivity contribution in [3.05, 3.63) is 30.3 Å². The summed E-state index contributed by atoms with van der Waals surface area (Å²) in [6.45, 7) is 0. The smallest absolute Gasteiger partial charge is 1.00 e. The molecule has 0 aliphatic heterocycles. The van der Waals surface area contributed by atoms with Crippen LogP contribution < -0.4 is 51.4 Å². The van der Waals surface area contributed by atoms with Crippen LogP contribution in [0.15, 0.2) is 35.2 Å². The van der Waals surface area contributed by atoms with Crippen molar-refractivity contribution in [3.63, 3.8) is 0 Å². The van der Waals surface area contributed by atoms with Crippen molar-refractivity contribution in [2.75, 3.05) is 0 Å². The Balaban J connectivity index is 0. The first kappa shape index (κ1) is 13.1. The van der Waals surface area contributed by atoms with Gasteiger partial charge in [-0.15, -0.1) is 0 Å². The predicted molar refractivity (Wildman–Crippen MR) is 45.0 cm³/mol. The maximum absolute atomic E-state index is 10.3. The van der Waals surface area contributed by atoms with Gasteiger partial charge in [-0.25, -0.2) is 0 Å². The van der Waals surface area contributed by atoms with E-state index < -0.39 is 9.15 Å². The molecule has 1 aromatic rings. The SMILES string of the molecule is O=S(=O)(O)Sc1ccccc1.[H-].[K+]. The minimum absolute atomic E-state index is 0. The van der Waals surface area contributed by atoms with Gasteiger partial charge in [-0.3, -0.25) is 4.55 Å². The van der Waals surface area contributed by atoms with Crippen molar-refractivity contribution in [3.8, 4) is 0 Å². The Bertz CT molecular complexity index is 327. The Kier molecular flexibility index (Phi) is 6.30. The largest absolute Gasteiger partial charge is 1.00 e. The molecule has 0 saturated heterocycles. The Labute approximate surface area is 119 Å². The average Bonchev–Trinajstić information content (AvgIpc) is 1.85. The average molecular weight is 230 g/mol. The summed E-state index contributed by atoms with van der Waals surface area (Å²) < 4.78 is 29.0. The van der Waals surface area contributed by atoms with Crippen LogP contribution in [0.1, 0.15) is 1.43 Å². The van der Waals surface area contributed by atoms with Crippen LogP contribution >= 0.6 is 10.8 Å². The van der Waals surface area contributed by atoms with Gasteiger partial charge in [0, 0.05) is 15.7 Å². The van der Waals surface area contributed by atoms with E-state index in [9.17, 15) is 8.42 Å². The molecule has 62 valence electrons. The van der Waals surface area contributed by atoms with Crippen molar-refractivity contribution in [1.29, 1.82) is 0 Å². The molecule has 0 aromatic heterocycles.